The topological polar surface area (TPSA) is 26.3 Å². The Kier molecular flexibility index (Phi) is 18.1. The zero-order valence-corrected chi connectivity index (χ0v) is 15.5. The largest absolute Gasteiger partial charge is 0.461 e. The molecule has 0 amide bonds. The van der Waals surface area contributed by atoms with Crippen LogP contribution in [0.1, 0.15) is 97.3 Å². The van der Waals surface area contributed by atoms with Crippen LogP contribution in [0.2, 0.25) is 0 Å². The maximum Gasteiger partial charge on any atom is 0.306 e. The molecule has 0 unspecified atom stereocenters. The molecule has 0 saturated carbocycles. The number of ether oxygens (including phenoxy) is 1. The molecule has 0 saturated heterocycles. The number of carbonyl (C=O) groups excluding carboxylic acids is 1. The van der Waals surface area contributed by atoms with Gasteiger partial charge < -0.3 is 4.74 Å². The summed E-state index contributed by atoms with van der Waals surface area (Å²) in [5, 5.41) is 0. The molecule has 0 bridgehead atoms. The summed E-state index contributed by atoms with van der Waals surface area (Å²) >= 11 is 0. The molecule has 0 aromatic heterocycles. The zero-order chi connectivity index (χ0) is 17.0. The average molecular weight is 323 g/mol. The Labute approximate surface area is 144 Å². The lowest BCUT2D eigenvalue weighted by Gasteiger charge is -2.03. The van der Waals surface area contributed by atoms with Gasteiger partial charge in [-0.25, -0.2) is 0 Å². The highest BCUT2D eigenvalue weighted by atomic mass is 16.5. The molecular weight excluding hydrogens is 284 g/mol. The van der Waals surface area contributed by atoms with E-state index in [1.54, 1.807) is 0 Å². The molecule has 0 aromatic rings. The van der Waals surface area contributed by atoms with Crippen LogP contribution in [0.15, 0.2) is 24.3 Å². The van der Waals surface area contributed by atoms with Crippen molar-refractivity contribution in [3.05, 3.63) is 24.3 Å². The van der Waals surface area contributed by atoms with Crippen LogP contribution in [0.4, 0.5) is 0 Å². The summed E-state index contributed by atoms with van der Waals surface area (Å²) in [4.78, 5) is 11.6. The highest BCUT2D eigenvalue weighted by Crippen LogP contribution is 2.10. The number of allylic oxidation sites excluding steroid dienone is 3. The first kappa shape index (κ1) is 21.9. The summed E-state index contributed by atoms with van der Waals surface area (Å²) in [6.45, 7) is 4.81. The van der Waals surface area contributed by atoms with Crippen LogP contribution < -0.4 is 0 Å². The number of rotatable bonds is 16. The molecule has 0 radical (unpaired) electrons. The van der Waals surface area contributed by atoms with E-state index < -0.39 is 0 Å². The van der Waals surface area contributed by atoms with E-state index in [0.29, 0.717) is 13.0 Å². The van der Waals surface area contributed by atoms with Crippen molar-refractivity contribution in [1.82, 2.24) is 0 Å². The summed E-state index contributed by atoms with van der Waals surface area (Å²) in [5.74, 6) is -0.0523. The molecule has 2 nitrogen and oxygen atoms in total. The summed E-state index contributed by atoms with van der Waals surface area (Å²) < 4.78 is 5.20. The molecule has 0 aliphatic rings. The standard InChI is InChI=1S/C21H38O2/c1-3-5-7-9-11-12-13-15-17-19-21(22)23-20-18-16-14-10-8-6-4-2/h6,8,16,18H,3-5,7,9-15,17,19-20H2,1-2H3/b8-6-,18-16+. The molecular formula is C21H38O2. The van der Waals surface area contributed by atoms with Crippen LogP contribution in [0, 0.1) is 0 Å². The average Bonchev–Trinajstić information content (AvgIpc) is 2.56. The molecule has 0 rings (SSSR count). The van der Waals surface area contributed by atoms with E-state index in [-0.39, 0.29) is 5.97 Å². The Morgan fingerprint density at radius 1 is 0.739 bits per heavy atom. The van der Waals surface area contributed by atoms with E-state index in [0.717, 1.165) is 32.1 Å². The fraction of sp³-hybridized carbons (Fsp3) is 0.762. The maximum absolute atomic E-state index is 11.6. The van der Waals surface area contributed by atoms with Crippen molar-refractivity contribution < 1.29 is 9.53 Å². The Balaban J connectivity index is 3.27. The third kappa shape index (κ3) is 18.9. The minimum atomic E-state index is -0.0523. The quantitative estimate of drug-likeness (QED) is 0.178. The van der Waals surface area contributed by atoms with Crippen molar-refractivity contribution in [3.63, 3.8) is 0 Å². The molecule has 0 fully saturated rings. The van der Waals surface area contributed by atoms with Crippen molar-refractivity contribution in [2.24, 2.45) is 0 Å². The predicted octanol–water partition coefficient (Wildman–Crippen LogP) is 6.75. The first-order valence-electron chi connectivity index (χ1n) is 9.76. The molecule has 0 aliphatic carbocycles. The van der Waals surface area contributed by atoms with Crippen LogP contribution >= 0.6 is 0 Å². The number of carbonyl (C=O) groups is 1. The lowest BCUT2D eigenvalue weighted by molar-refractivity contribution is -0.142. The van der Waals surface area contributed by atoms with Gasteiger partial charge in [-0.05, 0) is 25.7 Å². The van der Waals surface area contributed by atoms with Crippen LogP contribution in [0.25, 0.3) is 0 Å². The van der Waals surface area contributed by atoms with E-state index >= 15 is 0 Å². The number of unbranched alkanes of at least 4 members (excludes halogenated alkanes) is 9. The molecule has 0 aromatic carbocycles. The lowest BCUT2D eigenvalue weighted by atomic mass is 10.1. The molecule has 0 spiro atoms. The number of esters is 1. The monoisotopic (exact) mass is 322 g/mol. The van der Waals surface area contributed by atoms with Gasteiger partial charge in [-0.2, -0.15) is 0 Å². The van der Waals surface area contributed by atoms with Crippen molar-refractivity contribution in [3.8, 4) is 0 Å². The van der Waals surface area contributed by atoms with Crippen molar-refractivity contribution in [2.75, 3.05) is 6.61 Å². The van der Waals surface area contributed by atoms with Crippen molar-refractivity contribution in [2.45, 2.75) is 97.3 Å². The Hall–Kier alpha value is -1.05. The van der Waals surface area contributed by atoms with Gasteiger partial charge in [0.25, 0.3) is 0 Å². The summed E-state index contributed by atoms with van der Waals surface area (Å²) in [6.07, 6.45) is 23.7. The van der Waals surface area contributed by atoms with Gasteiger partial charge in [-0.3, -0.25) is 4.79 Å². The van der Waals surface area contributed by atoms with Crippen LogP contribution in [0.3, 0.4) is 0 Å². The van der Waals surface area contributed by atoms with Crippen LogP contribution in [-0.4, -0.2) is 12.6 Å². The van der Waals surface area contributed by atoms with Crippen LogP contribution in [-0.2, 0) is 9.53 Å². The van der Waals surface area contributed by atoms with Crippen LogP contribution in [0.5, 0.6) is 0 Å². The van der Waals surface area contributed by atoms with Gasteiger partial charge in [0.15, 0.2) is 0 Å². The Morgan fingerprint density at radius 3 is 1.91 bits per heavy atom. The van der Waals surface area contributed by atoms with Crippen molar-refractivity contribution in [1.29, 1.82) is 0 Å². The van der Waals surface area contributed by atoms with Gasteiger partial charge in [0.2, 0.25) is 0 Å². The van der Waals surface area contributed by atoms with Gasteiger partial charge in [0.05, 0.1) is 0 Å². The summed E-state index contributed by atoms with van der Waals surface area (Å²) in [7, 11) is 0. The van der Waals surface area contributed by atoms with Crippen molar-refractivity contribution >= 4 is 5.97 Å². The summed E-state index contributed by atoms with van der Waals surface area (Å²) in [6, 6.07) is 0. The molecule has 0 heterocycles. The van der Waals surface area contributed by atoms with E-state index in [1.807, 2.05) is 6.08 Å². The van der Waals surface area contributed by atoms with E-state index in [1.165, 1.54) is 44.9 Å². The second-order valence-corrected chi connectivity index (χ2v) is 6.19. The molecule has 0 atom stereocenters. The Bertz CT molecular complexity index is 305. The van der Waals surface area contributed by atoms with Gasteiger partial charge in [-0.1, -0.05) is 89.5 Å². The van der Waals surface area contributed by atoms with E-state index in [4.69, 9.17) is 4.74 Å². The Morgan fingerprint density at radius 2 is 1.30 bits per heavy atom. The van der Waals surface area contributed by atoms with Gasteiger partial charge in [0, 0.05) is 6.42 Å². The predicted molar refractivity (Wildman–Crippen MR) is 101 cm³/mol. The fourth-order valence-electron chi connectivity index (χ4n) is 2.46. The van der Waals surface area contributed by atoms with E-state index in [9.17, 15) is 4.79 Å². The molecule has 2 heteroatoms. The summed E-state index contributed by atoms with van der Waals surface area (Å²) in [5.41, 5.74) is 0. The lowest BCUT2D eigenvalue weighted by Crippen LogP contribution is -2.03. The first-order chi connectivity index (χ1) is 11.3. The maximum atomic E-state index is 11.6. The van der Waals surface area contributed by atoms with Gasteiger partial charge in [-0.15, -0.1) is 0 Å². The minimum absolute atomic E-state index is 0.0523. The van der Waals surface area contributed by atoms with Gasteiger partial charge >= 0.3 is 5.97 Å². The SMILES string of the molecule is CC/C=C\CC/C=C/COC(=O)CCCCCCCCCCC. The van der Waals surface area contributed by atoms with Gasteiger partial charge in [0.1, 0.15) is 6.61 Å². The fourth-order valence-corrected chi connectivity index (χ4v) is 2.46. The number of hydrogen-bond acceptors (Lipinski definition) is 2. The second kappa shape index (κ2) is 19.0. The normalized spacial score (nSPS) is 11.6. The molecule has 134 valence electrons. The molecule has 0 aliphatic heterocycles. The highest BCUT2D eigenvalue weighted by molar-refractivity contribution is 5.69. The minimum Gasteiger partial charge on any atom is -0.461 e. The molecule has 0 N–H and O–H groups in total. The zero-order valence-electron chi connectivity index (χ0n) is 15.5. The number of hydrogen-bond donors (Lipinski definition) is 0. The first-order valence-corrected chi connectivity index (χ1v) is 9.76. The smallest absolute Gasteiger partial charge is 0.306 e. The highest BCUT2D eigenvalue weighted by Gasteiger charge is 2.01. The van der Waals surface area contributed by atoms with E-state index in [2.05, 4.69) is 32.1 Å². The third-order valence-electron chi connectivity index (χ3n) is 3.89. The molecule has 23 heavy (non-hydrogen) atoms. The second-order valence-electron chi connectivity index (χ2n) is 6.19. The third-order valence-corrected chi connectivity index (χ3v) is 3.89.